The Morgan fingerprint density at radius 1 is 1.18 bits per heavy atom. The zero-order valence-electron chi connectivity index (χ0n) is 20.3. The van der Waals surface area contributed by atoms with Crippen molar-refractivity contribution in [2.24, 2.45) is 0 Å². The molecule has 0 aliphatic heterocycles. The summed E-state index contributed by atoms with van der Waals surface area (Å²) in [6, 6.07) is 12.7. The van der Waals surface area contributed by atoms with E-state index in [4.69, 9.17) is 20.5 Å². The van der Waals surface area contributed by atoms with Crippen molar-refractivity contribution in [3.05, 3.63) is 58.7 Å². The van der Waals surface area contributed by atoms with Crippen LogP contribution in [0.15, 0.2) is 47.4 Å². The Balaban J connectivity index is 1.67. The highest BCUT2D eigenvalue weighted by atomic mass is 35.5. The van der Waals surface area contributed by atoms with Gasteiger partial charge in [0.15, 0.2) is 0 Å². The number of ether oxygens (including phenoxy) is 1. The summed E-state index contributed by atoms with van der Waals surface area (Å²) >= 11 is 5.92. The van der Waals surface area contributed by atoms with E-state index < -0.39 is 16.2 Å². The zero-order valence-corrected chi connectivity index (χ0v) is 21.8. The fourth-order valence-corrected chi connectivity index (χ4v) is 5.69. The lowest BCUT2D eigenvalue weighted by atomic mass is 9.93. The normalized spacial score (nSPS) is 17.2. The van der Waals surface area contributed by atoms with Gasteiger partial charge in [0.25, 0.3) is 10.1 Å². The van der Waals surface area contributed by atoms with Gasteiger partial charge in [0.1, 0.15) is 5.75 Å². The summed E-state index contributed by atoms with van der Waals surface area (Å²) in [5, 5.41) is 1.61. The van der Waals surface area contributed by atoms with Crippen LogP contribution in [-0.2, 0) is 33.7 Å². The highest BCUT2D eigenvalue weighted by Crippen LogP contribution is 2.36. The molecule has 34 heavy (non-hydrogen) atoms. The van der Waals surface area contributed by atoms with Crippen LogP contribution in [0.5, 0.6) is 5.75 Å². The van der Waals surface area contributed by atoms with E-state index in [1.54, 1.807) is 12.1 Å². The second kappa shape index (κ2) is 10.3. The zero-order chi connectivity index (χ0) is 24.5. The van der Waals surface area contributed by atoms with Gasteiger partial charge in [0.05, 0.1) is 17.6 Å². The summed E-state index contributed by atoms with van der Waals surface area (Å²) in [6.45, 7) is 5.83. The third kappa shape index (κ3) is 5.28. The molecule has 1 aliphatic rings. The van der Waals surface area contributed by atoms with Crippen molar-refractivity contribution in [1.29, 1.82) is 0 Å². The number of hydrogen-bond acceptors (Lipinski definition) is 5. The summed E-state index contributed by atoms with van der Waals surface area (Å²) in [7, 11) is 0.304. The van der Waals surface area contributed by atoms with E-state index in [-0.39, 0.29) is 4.90 Å². The molecule has 1 aliphatic carbocycles. The van der Waals surface area contributed by atoms with Crippen LogP contribution in [0.1, 0.15) is 37.9 Å². The molecule has 0 radical (unpaired) electrons. The van der Waals surface area contributed by atoms with Crippen LogP contribution in [0.3, 0.4) is 0 Å². The molecule has 0 spiro atoms. The number of fused-ring (bicyclic) bond motifs is 3. The van der Waals surface area contributed by atoms with Gasteiger partial charge in [-0.05, 0) is 88.3 Å². The average Bonchev–Trinajstić information content (AvgIpc) is 3.10. The van der Waals surface area contributed by atoms with E-state index in [2.05, 4.69) is 49.5 Å². The molecule has 0 N–H and O–H groups in total. The predicted octanol–water partition coefficient (Wildman–Crippen LogP) is 5.30. The van der Waals surface area contributed by atoms with Crippen molar-refractivity contribution < 1.29 is 17.3 Å². The second-order valence-electron chi connectivity index (χ2n) is 9.24. The fourth-order valence-electron chi connectivity index (χ4n) is 4.46. The number of halogens is 1. The number of likely N-dealkylation sites (N-methyl/N-ethyl adjacent to an activating group) is 1. The lowest BCUT2D eigenvalue weighted by Gasteiger charge is -2.26. The minimum Gasteiger partial charge on any atom is -0.494 e. The van der Waals surface area contributed by atoms with Gasteiger partial charge >= 0.3 is 0 Å². The molecule has 0 saturated carbocycles. The molecular weight excluding hydrogens is 472 g/mol. The molecule has 0 bridgehead atoms. The Kier molecular flexibility index (Phi) is 7.57. The Labute approximate surface area is 207 Å². The lowest BCUT2D eigenvalue weighted by Crippen LogP contribution is -2.31. The van der Waals surface area contributed by atoms with E-state index in [0.717, 1.165) is 41.6 Å². The van der Waals surface area contributed by atoms with Crippen LogP contribution in [0, 0.1) is 0 Å². The minimum atomic E-state index is -3.87. The topological polar surface area (TPSA) is 60.8 Å². The first-order chi connectivity index (χ1) is 16.2. The summed E-state index contributed by atoms with van der Waals surface area (Å²) in [4.78, 5) is 2.34. The van der Waals surface area contributed by atoms with Crippen LogP contribution < -0.4 is 4.74 Å². The maximum Gasteiger partial charge on any atom is 0.297 e. The van der Waals surface area contributed by atoms with Gasteiger partial charge in [-0.15, -0.1) is 0 Å². The molecule has 8 heteroatoms. The molecule has 184 valence electrons. The highest BCUT2D eigenvalue weighted by Gasteiger charge is 2.30. The van der Waals surface area contributed by atoms with E-state index in [1.165, 1.54) is 17.8 Å². The molecule has 2 unspecified atom stereocenters. The number of hydrogen-bond donors (Lipinski definition) is 0. The maximum atomic E-state index is 12.9. The third-order valence-corrected chi connectivity index (χ3v) is 8.19. The first-order valence-corrected chi connectivity index (χ1v) is 13.6. The Bertz CT molecular complexity index is 1250. The van der Waals surface area contributed by atoms with Crippen molar-refractivity contribution in [3.63, 3.8) is 0 Å². The van der Waals surface area contributed by atoms with Crippen molar-refractivity contribution in [2.45, 2.75) is 63.1 Å². The number of benzene rings is 2. The number of nitrogens with zero attached hydrogens (tertiary/aromatic N) is 2. The molecule has 0 saturated heterocycles. The molecular formula is C26H33ClN2O4S. The van der Waals surface area contributed by atoms with Crippen molar-refractivity contribution in [3.8, 4) is 5.75 Å². The molecule has 2 atom stereocenters. The largest absolute Gasteiger partial charge is 0.494 e. The van der Waals surface area contributed by atoms with Crippen LogP contribution in [0.4, 0.5) is 0 Å². The Morgan fingerprint density at radius 3 is 2.59 bits per heavy atom. The van der Waals surface area contributed by atoms with Crippen molar-refractivity contribution in [1.82, 2.24) is 9.47 Å². The molecule has 0 amide bonds. The van der Waals surface area contributed by atoms with Gasteiger partial charge in [-0.2, -0.15) is 8.42 Å². The lowest BCUT2D eigenvalue weighted by molar-refractivity contribution is 0.190. The van der Waals surface area contributed by atoms with E-state index >= 15 is 0 Å². The van der Waals surface area contributed by atoms with Gasteiger partial charge in [0, 0.05) is 40.6 Å². The smallest absolute Gasteiger partial charge is 0.297 e. The fraction of sp³-hybridized carbons (Fsp3) is 0.462. The van der Waals surface area contributed by atoms with E-state index in [0.29, 0.717) is 30.5 Å². The van der Waals surface area contributed by atoms with Gasteiger partial charge in [-0.1, -0.05) is 18.5 Å². The first kappa shape index (κ1) is 25.0. The molecule has 4 rings (SSSR count). The van der Waals surface area contributed by atoms with Crippen molar-refractivity contribution in [2.75, 3.05) is 20.7 Å². The minimum absolute atomic E-state index is 0.125. The summed E-state index contributed by atoms with van der Waals surface area (Å²) < 4.78 is 39.8. The SMILES string of the molecule is CCCOc1ccc2c(c1)c1c(n2CC(C)N(C)C)CCC(OS(=O)(=O)c2ccc(Cl)cc2)C1. The summed E-state index contributed by atoms with van der Waals surface area (Å²) in [6.07, 6.45) is 2.47. The van der Waals surface area contributed by atoms with Crippen LogP contribution in [0.2, 0.25) is 5.02 Å². The molecule has 2 aromatic carbocycles. The van der Waals surface area contributed by atoms with Crippen LogP contribution >= 0.6 is 11.6 Å². The average molecular weight is 505 g/mol. The Morgan fingerprint density at radius 2 is 1.91 bits per heavy atom. The maximum absolute atomic E-state index is 12.9. The molecule has 0 fully saturated rings. The molecule has 1 heterocycles. The van der Waals surface area contributed by atoms with Crippen LogP contribution in [0.25, 0.3) is 10.9 Å². The quantitative estimate of drug-likeness (QED) is 0.370. The highest BCUT2D eigenvalue weighted by molar-refractivity contribution is 7.86. The number of aromatic nitrogens is 1. The van der Waals surface area contributed by atoms with Crippen LogP contribution in [-0.4, -0.2) is 50.7 Å². The van der Waals surface area contributed by atoms with Crippen molar-refractivity contribution >= 4 is 32.6 Å². The van der Waals surface area contributed by atoms with E-state index in [9.17, 15) is 8.42 Å². The molecule has 1 aromatic heterocycles. The first-order valence-electron chi connectivity index (χ1n) is 11.8. The number of rotatable bonds is 9. The van der Waals surface area contributed by atoms with Gasteiger partial charge in [0.2, 0.25) is 0 Å². The monoisotopic (exact) mass is 504 g/mol. The third-order valence-electron chi connectivity index (χ3n) is 6.56. The molecule has 3 aromatic rings. The summed E-state index contributed by atoms with van der Waals surface area (Å²) in [5.41, 5.74) is 3.58. The molecule has 6 nitrogen and oxygen atoms in total. The van der Waals surface area contributed by atoms with Gasteiger partial charge in [-0.25, -0.2) is 0 Å². The van der Waals surface area contributed by atoms with E-state index in [1.807, 2.05) is 6.07 Å². The Hall–Kier alpha value is -2.06. The second-order valence-corrected chi connectivity index (χ2v) is 11.3. The standard InChI is InChI=1S/C26H33ClN2O4S/c1-5-14-32-20-8-12-25-23(15-20)24-16-21(9-13-26(24)29(25)17-18(2)28(3)4)33-34(30,31)22-10-6-19(27)7-11-22/h6-8,10-12,15,18,21H,5,9,13-14,16-17H2,1-4H3. The summed E-state index contributed by atoms with van der Waals surface area (Å²) in [5.74, 6) is 0.840. The van der Waals surface area contributed by atoms with Gasteiger partial charge in [-0.3, -0.25) is 4.18 Å². The predicted molar refractivity (Wildman–Crippen MR) is 136 cm³/mol. The van der Waals surface area contributed by atoms with Gasteiger partial charge < -0.3 is 14.2 Å².